The van der Waals surface area contributed by atoms with Gasteiger partial charge in [-0.2, -0.15) is 0 Å². The summed E-state index contributed by atoms with van der Waals surface area (Å²) in [6, 6.07) is 8.37. The lowest BCUT2D eigenvalue weighted by atomic mass is 10.3. The standard InChI is InChI=1S/C14H13ClN2O3/c15-11-1-3-12(4-2-11)17-13(18)5-7-16-14(19)10-6-8-20-9-10/h1-4,6,8-9H,5,7H2,(H,16,19)(H,17,18). The molecule has 0 fully saturated rings. The van der Waals surface area contributed by atoms with Gasteiger partial charge in [0, 0.05) is 23.7 Å². The van der Waals surface area contributed by atoms with Crippen LogP contribution in [0.3, 0.4) is 0 Å². The van der Waals surface area contributed by atoms with Crippen molar-refractivity contribution in [2.75, 3.05) is 11.9 Å². The van der Waals surface area contributed by atoms with Crippen LogP contribution in [0.15, 0.2) is 47.3 Å². The topological polar surface area (TPSA) is 71.3 Å². The number of rotatable bonds is 5. The van der Waals surface area contributed by atoms with Crippen LogP contribution in [0.25, 0.3) is 0 Å². The maximum Gasteiger partial charge on any atom is 0.254 e. The van der Waals surface area contributed by atoms with Crippen LogP contribution in [0.1, 0.15) is 16.8 Å². The Kier molecular flexibility index (Phi) is 4.79. The largest absolute Gasteiger partial charge is 0.472 e. The Morgan fingerprint density at radius 3 is 2.55 bits per heavy atom. The van der Waals surface area contributed by atoms with Gasteiger partial charge >= 0.3 is 0 Å². The second kappa shape index (κ2) is 6.77. The van der Waals surface area contributed by atoms with Crippen molar-refractivity contribution in [3.8, 4) is 0 Å². The van der Waals surface area contributed by atoms with Crippen LogP contribution in [0.2, 0.25) is 5.02 Å². The van der Waals surface area contributed by atoms with Gasteiger partial charge in [0.2, 0.25) is 5.91 Å². The van der Waals surface area contributed by atoms with Crippen molar-refractivity contribution >= 4 is 29.1 Å². The van der Waals surface area contributed by atoms with Crippen LogP contribution in [0.5, 0.6) is 0 Å². The molecule has 0 radical (unpaired) electrons. The van der Waals surface area contributed by atoms with Gasteiger partial charge in [0.1, 0.15) is 6.26 Å². The molecule has 1 heterocycles. The molecule has 1 aromatic heterocycles. The molecule has 2 aromatic rings. The molecule has 1 aromatic carbocycles. The first-order valence-electron chi connectivity index (χ1n) is 6.01. The van der Waals surface area contributed by atoms with Gasteiger partial charge in [0.25, 0.3) is 5.91 Å². The Morgan fingerprint density at radius 2 is 1.90 bits per heavy atom. The van der Waals surface area contributed by atoms with Gasteiger partial charge in [0.15, 0.2) is 0 Å². The van der Waals surface area contributed by atoms with Crippen LogP contribution in [-0.2, 0) is 4.79 Å². The summed E-state index contributed by atoms with van der Waals surface area (Å²) in [6.45, 7) is 0.253. The van der Waals surface area contributed by atoms with Crippen LogP contribution in [-0.4, -0.2) is 18.4 Å². The highest BCUT2D eigenvalue weighted by atomic mass is 35.5. The van der Waals surface area contributed by atoms with E-state index in [2.05, 4.69) is 10.6 Å². The van der Waals surface area contributed by atoms with E-state index in [1.54, 1.807) is 30.3 Å². The summed E-state index contributed by atoms with van der Waals surface area (Å²) in [7, 11) is 0. The van der Waals surface area contributed by atoms with Gasteiger partial charge < -0.3 is 15.1 Å². The van der Waals surface area contributed by atoms with E-state index in [0.29, 0.717) is 16.3 Å². The Bertz CT molecular complexity index is 579. The molecule has 20 heavy (non-hydrogen) atoms. The van der Waals surface area contributed by atoms with Crippen molar-refractivity contribution in [2.45, 2.75) is 6.42 Å². The SMILES string of the molecule is O=C(CCNC(=O)c1ccoc1)Nc1ccc(Cl)cc1. The molecule has 0 bridgehead atoms. The van der Waals surface area contributed by atoms with Gasteiger partial charge in [0.05, 0.1) is 11.8 Å². The first kappa shape index (κ1) is 14.1. The number of benzene rings is 1. The number of carbonyl (C=O) groups is 2. The third-order valence-electron chi connectivity index (χ3n) is 2.55. The Morgan fingerprint density at radius 1 is 1.15 bits per heavy atom. The first-order chi connectivity index (χ1) is 9.65. The average molecular weight is 293 g/mol. The fraction of sp³-hybridized carbons (Fsp3) is 0.143. The molecule has 2 amide bonds. The van der Waals surface area contributed by atoms with Gasteiger partial charge in [-0.15, -0.1) is 0 Å². The molecule has 0 saturated heterocycles. The zero-order chi connectivity index (χ0) is 14.4. The van der Waals surface area contributed by atoms with E-state index in [0.717, 1.165) is 0 Å². The second-order valence-electron chi connectivity index (χ2n) is 4.07. The molecule has 104 valence electrons. The number of anilines is 1. The molecule has 0 atom stereocenters. The van der Waals surface area contributed by atoms with Crippen LogP contribution < -0.4 is 10.6 Å². The van der Waals surface area contributed by atoms with E-state index in [9.17, 15) is 9.59 Å². The van der Waals surface area contributed by atoms with E-state index in [-0.39, 0.29) is 24.8 Å². The zero-order valence-corrected chi connectivity index (χ0v) is 11.3. The number of hydrogen-bond acceptors (Lipinski definition) is 3. The summed E-state index contributed by atoms with van der Waals surface area (Å²) in [5, 5.41) is 5.95. The summed E-state index contributed by atoms with van der Waals surface area (Å²) in [6.07, 6.45) is 2.96. The Labute approximate surface area is 120 Å². The lowest BCUT2D eigenvalue weighted by Crippen LogP contribution is -2.27. The number of furan rings is 1. The fourth-order valence-corrected chi connectivity index (χ4v) is 1.67. The zero-order valence-electron chi connectivity index (χ0n) is 10.6. The predicted octanol–water partition coefficient (Wildman–Crippen LogP) is 2.69. The molecule has 0 aliphatic heterocycles. The van der Waals surface area contributed by atoms with Crippen LogP contribution >= 0.6 is 11.6 Å². The monoisotopic (exact) mass is 292 g/mol. The number of halogens is 1. The number of hydrogen-bond donors (Lipinski definition) is 2. The lowest BCUT2D eigenvalue weighted by Gasteiger charge is -2.06. The second-order valence-corrected chi connectivity index (χ2v) is 4.51. The predicted molar refractivity (Wildman–Crippen MR) is 75.7 cm³/mol. The molecule has 6 heteroatoms. The maximum atomic E-state index is 11.7. The number of nitrogens with one attached hydrogen (secondary N) is 2. The van der Waals surface area contributed by atoms with E-state index in [1.807, 2.05) is 0 Å². The molecule has 0 saturated carbocycles. The van der Waals surface area contributed by atoms with Crippen molar-refractivity contribution in [2.24, 2.45) is 0 Å². The summed E-state index contributed by atoms with van der Waals surface area (Å²) in [5.41, 5.74) is 1.10. The minimum absolute atomic E-state index is 0.181. The third-order valence-corrected chi connectivity index (χ3v) is 2.80. The molecule has 0 spiro atoms. The molecule has 5 nitrogen and oxygen atoms in total. The Balaban J connectivity index is 1.73. The van der Waals surface area contributed by atoms with Crippen LogP contribution in [0.4, 0.5) is 5.69 Å². The summed E-state index contributed by atoms with van der Waals surface area (Å²) in [4.78, 5) is 23.2. The number of amides is 2. The van der Waals surface area contributed by atoms with Crippen molar-refractivity contribution in [1.29, 1.82) is 0 Å². The van der Waals surface area contributed by atoms with Gasteiger partial charge in [-0.25, -0.2) is 0 Å². The van der Waals surface area contributed by atoms with Crippen LogP contribution in [0, 0.1) is 0 Å². The molecule has 0 aliphatic rings. The minimum atomic E-state index is -0.266. The summed E-state index contributed by atoms with van der Waals surface area (Å²) < 4.78 is 4.80. The van der Waals surface area contributed by atoms with Gasteiger partial charge in [-0.1, -0.05) is 11.6 Å². The molecular weight excluding hydrogens is 280 g/mol. The van der Waals surface area contributed by atoms with Crippen molar-refractivity contribution in [3.63, 3.8) is 0 Å². The fourth-order valence-electron chi connectivity index (χ4n) is 1.54. The highest BCUT2D eigenvalue weighted by Crippen LogP contribution is 2.13. The molecule has 2 N–H and O–H groups in total. The lowest BCUT2D eigenvalue weighted by molar-refractivity contribution is -0.116. The smallest absolute Gasteiger partial charge is 0.254 e. The average Bonchev–Trinajstić information content (AvgIpc) is 2.95. The minimum Gasteiger partial charge on any atom is -0.472 e. The molecule has 0 aliphatic carbocycles. The van der Waals surface area contributed by atoms with E-state index < -0.39 is 0 Å². The highest BCUT2D eigenvalue weighted by molar-refractivity contribution is 6.30. The first-order valence-corrected chi connectivity index (χ1v) is 6.39. The number of carbonyl (C=O) groups excluding carboxylic acids is 2. The molecule has 0 unspecified atom stereocenters. The van der Waals surface area contributed by atoms with E-state index in [1.165, 1.54) is 12.5 Å². The Hall–Kier alpha value is -2.27. The molecule has 2 rings (SSSR count). The highest BCUT2D eigenvalue weighted by Gasteiger charge is 2.07. The van der Waals surface area contributed by atoms with Gasteiger partial charge in [-0.05, 0) is 30.3 Å². The van der Waals surface area contributed by atoms with Gasteiger partial charge in [-0.3, -0.25) is 9.59 Å². The molecular formula is C14H13ClN2O3. The summed E-state index contributed by atoms with van der Waals surface area (Å²) in [5.74, 6) is -0.446. The quantitative estimate of drug-likeness (QED) is 0.890. The van der Waals surface area contributed by atoms with E-state index >= 15 is 0 Å². The van der Waals surface area contributed by atoms with E-state index in [4.69, 9.17) is 16.0 Å². The van der Waals surface area contributed by atoms with Crippen molar-refractivity contribution in [1.82, 2.24) is 5.32 Å². The maximum absolute atomic E-state index is 11.7. The van der Waals surface area contributed by atoms with Crippen molar-refractivity contribution in [3.05, 3.63) is 53.4 Å². The normalized spacial score (nSPS) is 10.1. The summed E-state index contributed by atoms with van der Waals surface area (Å²) >= 11 is 5.75. The third kappa shape index (κ3) is 4.13. The van der Waals surface area contributed by atoms with Crippen molar-refractivity contribution < 1.29 is 14.0 Å².